The summed E-state index contributed by atoms with van der Waals surface area (Å²) in [5, 5.41) is 8.04. The third kappa shape index (κ3) is 1.97. The molecule has 0 spiro atoms. The lowest BCUT2D eigenvalue weighted by Crippen LogP contribution is -1.92. The zero-order valence-corrected chi connectivity index (χ0v) is 10.7. The Morgan fingerprint density at radius 2 is 2.16 bits per heavy atom. The summed E-state index contributed by atoms with van der Waals surface area (Å²) in [6.07, 6.45) is 3.52. The first-order valence-electron chi connectivity index (χ1n) is 5.83. The number of anilines is 1. The van der Waals surface area contributed by atoms with E-state index in [9.17, 15) is 0 Å². The van der Waals surface area contributed by atoms with Crippen LogP contribution < -0.4 is 5.73 Å². The zero-order chi connectivity index (χ0) is 13.4. The SMILES string of the molecule is Cc1cccc(N)c1-c1nc(-c2cnn(C)c2)no1. The van der Waals surface area contributed by atoms with E-state index >= 15 is 0 Å². The third-order valence-electron chi connectivity index (χ3n) is 2.91. The number of hydrogen-bond acceptors (Lipinski definition) is 5. The van der Waals surface area contributed by atoms with Gasteiger partial charge in [-0.3, -0.25) is 4.68 Å². The number of benzene rings is 1. The minimum Gasteiger partial charge on any atom is -0.398 e. The number of hydrogen-bond donors (Lipinski definition) is 1. The maximum Gasteiger partial charge on any atom is 0.260 e. The van der Waals surface area contributed by atoms with E-state index in [0.717, 1.165) is 16.7 Å². The monoisotopic (exact) mass is 255 g/mol. The molecule has 0 aliphatic heterocycles. The second kappa shape index (κ2) is 4.24. The quantitative estimate of drug-likeness (QED) is 0.708. The molecule has 3 rings (SSSR count). The highest BCUT2D eigenvalue weighted by Crippen LogP contribution is 2.29. The minimum atomic E-state index is 0.425. The molecule has 2 N–H and O–H groups in total. The number of nitrogen functional groups attached to an aromatic ring is 1. The molecule has 6 heteroatoms. The molecule has 0 atom stereocenters. The van der Waals surface area contributed by atoms with E-state index in [0.29, 0.717) is 17.4 Å². The van der Waals surface area contributed by atoms with Crippen LogP contribution in [0.3, 0.4) is 0 Å². The first kappa shape index (κ1) is 11.5. The van der Waals surface area contributed by atoms with Gasteiger partial charge in [-0.05, 0) is 18.6 Å². The van der Waals surface area contributed by atoms with Crippen molar-refractivity contribution in [3.05, 3.63) is 36.2 Å². The third-order valence-corrected chi connectivity index (χ3v) is 2.91. The maximum absolute atomic E-state index is 5.96. The molecule has 0 aliphatic rings. The van der Waals surface area contributed by atoms with E-state index in [-0.39, 0.29) is 0 Å². The smallest absolute Gasteiger partial charge is 0.260 e. The lowest BCUT2D eigenvalue weighted by Gasteiger charge is -2.03. The lowest BCUT2D eigenvalue weighted by atomic mass is 10.1. The molecule has 0 saturated carbocycles. The molecular weight excluding hydrogens is 242 g/mol. The van der Waals surface area contributed by atoms with Crippen LogP contribution in [0.25, 0.3) is 22.8 Å². The van der Waals surface area contributed by atoms with Gasteiger partial charge in [0, 0.05) is 18.9 Å². The fraction of sp³-hybridized carbons (Fsp3) is 0.154. The number of aromatic nitrogens is 4. The molecular formula is C13H13N5O. The summed E-state index contributed by atoms with van der Waals surface area (Å²) in [7, 11) is 1.84. The van der Waals surface area contributed by atoms with Crippen molar-refractivity contribution in [2.45, 2.75) is 6.92 Å². The predicted octanol–water partition coefficient (Wildman–Crippen LogP) is 2.03. The Morgan fingerprint density at radius 3 is 2.84 bits per heavy atom. The lowest BCUT2D eigenvalue weighted by molar-refractivity contribution is 0.432. The molecule has 2 aromatic heterocycles. The topological polar surface area (TPSA) is 82.8 Å². The standard InChI is InChI=1S/C13H13N5O/c1-8-4-3-5-10(14)11(8)13-16-12(17-19-13)9-6-15-18(2)7-9/h3-7H,14H2,1-2H3. The average Bonchev–Trinajstić information content (AvgIpc) is 2.98. The Bertz CT molecular complexity index is 708. The van der Waals surface area contributed by atoms with Crippen LogP contribution in [0.15, 0.2) is 35.1 Å². The second-order valence-corrected chi connectivity index (χ2v) is 4.36. The molecule has 3 aromatic rings. The summed E-state index contributed by atoms with van der Waals surface area (Å²) in [6, 6.07) is 5.67. The number of nitrogens with two attached hydrogens (primary N) is 1. The molecule has 0 unspecified atom stereocenters. The van der Waals surface area contributed by atoms with Gasteiger partial charge in [-0.25, -0.2) is 0 Å². The summed E-state index contributed by atoms with van der Waals surface area (Å²) in [6.45, 7) is 1.96. The molecule has 0 aliphatic carbocycles. The van der Waals surface area contributed by atoms with E-state index in [1.54, 1.807) is 10.9 Å². The van der Waals surface area contributed by atoms with Gasteiger partial charge in [0.2, 0.25) is 5.82 Å². The van der Waals surface area contributed by atoms with Gasteiger partial charge in [-0.2, -0.15) is 10.1 Å². The van der Waals surface area contributed by atoms with Gasteiger partial charge in [0.25, 0.3) is 5.89 Å². The van der Waals surface area contributed by atoms with E-state index in [4.69, 9.17) is 10.3 Å². The number of nitrogens with zero attached hydrogens (tertiary/aromatic N) is 4. The zero-order valence-electron chi connectivity index (χ0n) is 10.7. The Labute approximate surface area is 109 Å². The van der Waals surface area contributed by atoms with Gasteiger partial charge in [0.05, 0.1) is 17.3 Å². The van der Waals surface area contributed by atoms with Crippen molar-refractivity contribution in [2.75, 3.05) is 5.73 Å². The van der Waals surface area contributed by atoms with E-state index < -0.39 is 0 Å². The van der Waals surface area contributed by atoms with Crippen LogP contribution in [0.1, 0.15) is 5.56 Å². The molecule has 96 valence electrons. The molecule has 19 heavy (non-hydrogen) atoms. The first-order chi connectivity index (χ1) is 9.15. The summed E-state index contributed by atoms with van der Waals surface area (Å²) in [4.78, 5) is 4.37. The Kier molecular flexibility index (Phi) is 2.56. The fourth-order valence-electron chi connectivity index (χ4n) is 1.96. The van der Waals surface area contributed by atoms with Crippen LogP contribution in [0.2, 0.25) is 0 Å². The van der Waals surface area contributed by atoms with E-state index in [1.165, 1.54) is 0 Å². The normalized spacial score (nSPS) is 10.8. The Morgan fingerprint density at radius 1 is 1.32 bits per heavy atom. The Balaban J connectivity index is 2.06. The van der Waals surface area contributed by atoms with Crippen LogP contribution in [-0.4, -0.2) is 19.9 Å². The second-order valence-electron chi connectivity index (χ2n) is 4.36. The van der Waals surface area contributed by atoms with Crippen molar-refractivity contribution in [1.29, 1.82) is 0 Å². The van der Waals surface area contributed by atoms with Crippen molar-refractivity contribution in [2.24, 2.45) is 7.05 Å². The summed E-state index contributed by atoms with van der Waals surface area (Å²) < 4.78 is 6.99. The van der Waals surface area contributed by atoms with Gasteiger partial charge in [0.1, 0.15) is 0 Å². The molecule has 0 saturated heterocycles. The predicted molar refractivity (Wildman–Crippen MR) is 71.1 cm³/mol. The molecule has 0 radical (unpaired) electrons. The van der Waals surface area contributed by atoms with E-state index in [2.05, 4.69) is 15.2 Å². The highest BCUT2D eigenvalue weighted by Gasteiger charge is 2.15. The van der Waals surface area contributed by atoms with Crippen LogP contribution in [0, 0.1) is 6.92 Å². The van der Waals surface area contributed by atoms with Gasteiger partial charge in [0.15, 0.2) is 0 Å². The average molecular weight is 255 g/mol. The van der Waals surface area contributed by atoms with Crippen molar-refractivity contribution in [3.8, 4) is 22.8 Å². The molecule has 0 fully saturated rings. The van der Waals surface area contributed by atoms with Gasteiger partial charge in [-0.15, -0.1) is 0 Å². The summed E-state index contributed by atoms with van der Waals surface area (Å²) in [5.41, 5.74) is 9.18. The molecule has 6 nitrogen and oxygen atoms in total. The molecule has 1 aromatic carbocycles. The number of aryl methyl sites for hydroxylation is 2. The highest BCUT2D eigenvalue weighted by molar-refractivity contribution is 5.74. The van der Waals surface area contributed by atoms with Crippen LogP contribution in [-0.2, 0) is 7.05 Å². The van der Waals surface area contributed by atoms with Gasteiger partial charge in [-0.1, -0.05) is 17.3 Å². The molecule has 2 heterocycles. The Hall–Kier alpha value is -2.63. The van der Waals surface area contributed by atoms with E-state index in [1.807, 2.05) is 38.4 Å². The van der Waals surface area contributed by atoms with Crippen molar-refractivity contribution in [1.82, 2.24) is 19.9 Å². The highest BCUT2D eigenvalue weighted by atomic mass is 16.5. The van der Waals surface area contributed by atoms with Crippen molar-refractivity contribution >= 4 is 5.69 Å². The molecule has 0 amide bonds. The first-order valence-corrected chi connectivity index (χ1v) is 5.83. The van der Waals surface area contributed by atoms with Crippen molar-refractivity contribution in [3.63, 3.8) is 0 Å². The van der Waals surface area contributed by atoms with Crippen LogP contribution in [0.5, 0.6) is 0 Å². The minimum absolute atomic E-state index is 0.425. The summed E-state index contributed by atoms with van der Waals surface area (Å²) in [5.74, 6) is 0.931. The van der Waals surface area contributed by atoms with Crippen LogP contribution >= 0.6 is 0 Å². The van der Waals surface area contributed by atoms with Gasteiger partial charge < -0.3 is 10.3 Å². The van der Waals surface area contributed by atoms with Crippen LogP contribution in [0.4, 0.5) is 5.69 Å². The van der Waals surface area contributed by atoms with Crippen molar-refractivity contribution < 1.29 is 4.52 Å². The summed E-state index contributed by atoms with van der Waals surface area (Å²) >= 11 is 0. The number of rotatable bonds is 2. The largest absolute Gasteiger partial charge is 0.398 e. The molecule has 0 bridgehead atoms. The van der Waals surface area contributed by atoms with Gasteiger partial charge >= 0.3 is 0 Å². The fourth-order valence-corrected chi connectivity index (χ4v) is 1.96. The maximum atomic E-state index is 5.96.